The largest absolute Gasteiger partial charge is 0.487 e. The van der Waals surface area contributed by atoms with Gasteiger partial charge in [-0.3, -0.25) is 23.6 Å². The van der Waals surface area contributed by atoms with E-state index in [1.807, 2.05) is 45.2 Å². The highest BCUT2D eigenvalue weighted by molar-refractivity contribution is 8.22. The molecule has 1 aliphatic heterocycles. The van der Waals surface area contributed by atoms with E-state index in [1.54, 1.807) is 21.3 Å². The lowest BCUT2D eigenvalue weighted by Gasteiger charge is -2.41. The van der Waals surface area contributed by atoms with Crippen LogP contribution in [0.5, 0.6) is 5.75 Å². The fourth-order valence-electron chi connectivity index (χ4n) is 4.56. The van der Waals surface area contributed by atoms with Gasteiger partial charge in [0.25, 0.3) is 0 Å². The van der Waals surface area contributed by atoms with E-state index in [4.69, 9.17) is 4.74 Å². The van der Waals surface area contributed by atoms with Gasteiger partial charge in [-0.05, 0) is 55.7 Å². The second-order valence-electron chi connectivity index (χ2n) is 9.40. The molecule has 200 valence electrons. The first-order valence-corrected chi connectivity index (χ1v) is 14.1. The second kappa shape index (κ2) is 11.6. The maximum atomic E-state index is 11.7. The van der Waals surface area contributed by atoms with Crippen LogP contribution in [0, 0.1) is 6.92 Å². The van der Waals surface area contributed by atoms with Crippen LogP contribution in [0.25, 0.3) is 0 Å². The molecule has 0 saturated heterocycles. The number of ether oxygens (including phenoxy) is 1. The number of hydrogen-bond acceptors (Lipinski definition) is 8. The smallest absolute Gasteiger partial charge is 0.303 e. The molecule has 3 aromatic rings. The molecule has 1 aliphatic rings. The van der Waals surface area contributed by atoms with Crippen LogP contribution in [0.15, 0.2) is 47.8 Å². The minimum atomic E-state index is -3.34. The summed E-state index contributed by atoms with van der Waals surface area (Å²) in [5.41, 5.74) is 3.64. The molecule has 0 spiro atoms. The first-order valence-electron chi connectivity index (χ1n) is 12.6. The minimum Gasteiger partial charge on any atom is -0.487 e. The van der Waals surface area contributed by atoms with E-state index in [2.05, 4.69) is 15.3 Å². The molecule has 3 N–H and O–H groups in total. The van der Waals surface area contributed by atoms with Gasteiger partial charge in [-0.15, -0.1) is 15.9 Å². The molecule has 11 heteroatoms. The second-order valence-corrected chi connectivity index (χ2v) is 11.4. The quantitative estimate of drug-likeness (QED) is 0.335. The van der Waals surface area contributed by atoms with Crippen molar-refractivity contribution in [2.75, 3.05) is 6.54 Å². The van der Waals surface area contributed by atoms with Crippen molar-refractivity contribution in [3.63, 3.8) is 0 Å². The Morgan fingerprint density at radius 2 is 2.08 bits per heavy atom. The van der Waals surface area contributed by atoms with Crippen LogP contribution >= 0.6 is 10.8 Å². The number of nitrogens with zero attached hydrogens (tertiary/aromatic N) is 5. The summed E-state index contributed by atoms with van der Waals surface area (Å²) in [5.74, 6) is -0.640. The number of carboxylic acid groups (broad SMARTS) is 1. The Morgan fingerprint density at radius 3 is 2.78 bits per heavy atom. The van der Waals surface area contributed by atoms with Gasteiger partial charge < -0.3 is 9.84 Å². The van der Waals surface area contributed by atoms with Crippen molar-refractivity contribution in [1.82, 2.24) is 24.3 Å². The molecule has 0 saturated carbocycles. The lowest BCUT2D eigenvalue weighted by molar-refractivity contribution is -0.137. The van der Waals surface area contributed by atoms with Gasteiger partial charge in [-0.1, -0.05) is 30.3 Å². The van der Waals surface area contributed by atoms with Gasteiger partial charge in [0.1, 0.15) is 16.7 Å². The Bertz CT molecular complexity index is 1230. The molecular weight excluding hydrogens is 494 g/mol. The number of rotatable bonds is 10. The molecule has 2 aromatic heterocycles. The van der Waals surface area contributed by atoms with Crippen molar-refractivity contribution in [1.29, 1.82) is 0 Å². The minimum absolute atomic E-state index is 0.00584. The highest BCUT2D eigenvalue weighted by Crippen LogP contribution is 2.57. The zero-order chi connectivity index (χ0) is 26.6. The predicted molar refractivity (Wildman–Crippen MR) is 141 cm³/mol. The van der Waals surface area contributed by atoms with Crippen LogP contribution in [-0.4, -0.2) is 57.1 Å². The number of aliphatic carboxylic acids is 1. The van der Waals surface area contributed by atoms with Crippen LogP contribution in [0.4, 0.5) is 0 Å². The molecule has 2 atom stereocenters. The Balaban J connectivity index is 1.60. The lowest BCUT2D eigenvalue weighted by atomic mass is 9.88. The molecule has 10 nitrogen and oxygen atoms in total. The van der Waals surface area contributed by atoms with Crippen LogP contribution in [0.2, 0.25) is 0 Å². The number of aromatic nitrogens is 4. The van der Waals surface area contributed by atoms with Gasteiger partial charge in [-0.2, -0.15) is 4.31 Å². The number of carbonyl (C=O) groups is 1. The van der Waals surface area contributed by atoms with E-state index in [0.717, 1.165) is 28.9 Å². The fourth-order valence-corrected chi connectivity index (χ4v) is 6.12. The maximum Gasteiger partial charge on any atom is 0.303 e. The summed E-state index contributed by atoms with van der Waals surface area (Å²) in [6, 6.07) is 7.60. The molecule has 1 unspecified atom stereocenters. The number of carboxylic acids is 1. The number of fused-ring (bicyclic) bond motifs is 1. The van der Waals surface area contributed by atoms with Gasteiger partial charge in [0.2, 0.25) is 0 Å². The number of aryl methyl sites for hydroxylation is 3. The summed E-state index contributed by atoms with van der Waals surface area (Å²) in [6.45, 7) is 7.31. The van der Waals surface area contributed by atoms with Crippen molar-refractivity contribution in [3.05, 3.63) is 65.2 Å². The molecule has 1 aromatic carbocycles. The summed E-state index contributed by atoms with van der Waals surface area (Å²) in [7, 11) is -3.34. The van der Waals surface area contributed by atoms with Crippen LogP contribution in [0.3, 0.4) is 0 Å². The van der Waals surface area contributed by atoms with Gasteiger partial charge >= 0.3 is 5.97 Å². The molecular formula is C26H35N5O5S. The fraction of sp³-hybridized carbons (Fsp3) is 0.462. The predicted octanol–water partition coefficient (Wildman–Crippen LogP) is 4.89. The Kier molecular flexibility index (Phi) is 8.48. The average molecular weight is 530 g/mol. The van der Waals surface area contributed by atoms with Crippen molar-refractivity contribution in [2.45, 2.75) is 76.5 Å². The SMILES string of the molecule is CC[C@@H]1CN(Cc2cc(C(CCc3cn(CC)nn3)CC(=O)O)ccc2C)S(O)(O)c2cnccc2O1. The number of pyridine rings is 1. The van der Waals surface area contributed by atoms with E-state index in [0.29, 0.717) is 31.6 Å². The Morgan fingerprint density at radius 1 is 1.27 bits per heavy atom. The van der Waals surface area contributed by atoms with E-state index in [-0.39, 0.29) is 29.9 Å². The average Bonchev–Trinajstić information content (AvgIpc) is 3.31. The van der Waals surface area contributed by atoms with E-state index in [9.17, 15) is 19.0 Å². The van der Waals surface area contributed by atoms with Crippen molar-refractivity contribution in [2.24, 2.45) is 0 Å². The molecule has 37 heavy (non-hydrogen) atoms. The van der Waals surface area contributed by atoms with E-state index >= 15 is 0 Å². The highest BCUT2D eigenvalue weighted by Gasteiger charge is 2.35. The summed E-state index contributed by atoms with van der Waals surface area (Å²) in [6.07, 6.45) is 6.64. The van der Waals surface area contributed by atoms with Crippen LogP contribution in [0.1, 0.15) is 61.4 Å². The molecule has 0 radical (unpaired) electrons. The molecule has 4 rings (SSSR count). The van der Waals surface area contributed by atoms with Crippen LogP contribution in [-0.2, 0) is 24.3 Å². The first-order chi connectivity index (χ1) is 17.7. The van der Waals surface area contributed by atoms with Gasteiger partial charge in [0.05, 0.1) is 24.9 Å². The molecule has 0 bridgehead atoms. The van der Waals surface area contributed by atoms with E-state index < -0.39 is 16.7 Å². The monoisotopic (exact) mass is 529 g/mol. The third kappa shape index (κ3) is 6.30. The Labute approximate surface area is 218 Å². The first kappa shape index (κ1) is 27.1. The lowest BCUT2D eigenvalue weighted by Crippen LogP contribution is -2.34. The molecule has 0 amide bonds. The topological polar surface area (TPSA) is 134 Å². The summed E-state index contributed by atoms with van der Waals surface area (Å²) < 4.78 is 32.1. The normalized spacial score (nSPS) is 18.9. The highest BCUT2D eigenvalue weighted by atomic mass is 32.3. The number of benzene rings is 1. The summed E-state index contributed by atoms with van der Waals surface area (Å²) >= 11 is 0. The van der Waals surface area contributed by atoms with Gasteiger partial charge in [0.15, 0.2) is 0 Å². The van der Waals surface area contributed by atoms with Crippen molar-refractivity contribution < 1.29 is 23.7 Å². The van der Waals surface area contributed by atoms with Crippen molar-refractivity contribution >= 4 is 16.7 Å². The Hall–Kier alpha value is -2.99. The summed E-state index contributed by atoms with van der Waals surface area (Å²) in [4.78, 5) is 16.1. The third-order valence-electron chi connectivity index (χ3n) is 6.83. The molecule has 3 heterocycles. The standard InChI is InChI=1S/C26H35N5O5S/c1-4-23-17-31(37(34,35)25-14-27-11-10-24(25)36-23)15-21-12-19(7-6-18(21)3)20(13-26(32)33)8-9-22-16-30(5-2)29-28-22/h6-7,10-12,14,16,20,23,34-35H,4-5,8-9,13,15,17H2,1-3H3,(H,32,33)/t20?,23-/m1/s1. The zero-order valence-corrected chi connectivity index (χ0v) is 22.3. The number of hydrogen-bond donors (Lipinski definition) is 3. The molecule has 0 fully saturated rings. The third-order valence-corrected chi connectivity index (χ3v) is 8.72. The molecule has 0 aliphatic carbocycles. The summed E-state index contributed by atoms with van der Waals surface area (Å²) in [5, 5.41) is 17.9. The van der Waals surface area contributed by atoms with Crippen LogP contribution < -0.4 is 4.74 Å². The van der Waals surface area contributed by atoms with E-state index in [1.165, 1.54) is 6.20 Å². The van der Waals surface area contributed by atoms with Gasteiger partial charge in [-0.25, -0.2) is 0 Å². The maximum absolute atomic E-state index is 11.7. The zero-order valence-electron chi connectivity index (χ0n) is 21.4. The van der Waals surface area contributed by atoms with Gasteiger partial charge in [0, 0.05) is 31.5 Å². The van der Waals surface area contributed by atoms with Crippen molar-refractivity contribution in [3.8, 4) is 5.75 Å².